The largest absolute Gasteiger partial charge is 0.493 e. The van der Waals surface area contributed by atoms with Gasteiger partial charge in [0.25, 0.3) is 0 Å². The second-order valence-electron chi connectivity index (χ2n) is 5.84. The van der Waals surface area contributed by atoms with Gasteiger partial charge in [-0.2, -0.15) is 0 Å². The maximum absolute atomic E-state index is 5.89. The van der Waals surface area contributed by atoms with Gasteiger partial charge in [-0.15, -0.1) is 0 Å². The molecule has 1 atom stereocenters. The molecule has 0 spiro atoms. The summed E-state index contributed by atoms with van der Waals surface area (Å²) in [4.78, 5) is 4.24. The molecule has 0 aliphatic heterocycles. The number of nitrogens with zero attached hydrogens (tertiary/aromatic N) is 1. The van der Waals surface area contributed by atoms with Gasteiger partial charge in [0.1, 0.15) is 11.9 Å². The van der Waals surface area contributed by atoms with E-state index in [-0.39, 0.29) is 6.10 Å². The number of ether oxygens (including phenoxy) is 3. The van der Waals surface area contributed by atoms with Crippen molar-refractivity contribution in [3.8, 4) is 17.2 Å². The van der Waals surface area contributed by atoms with Gasteiger partial charge in [-0.25, -0.2) is 0 Å². The van der Waals surface area contributed by atoms with Crippen LogP contribution in [0.2, 0.25) is 5.02 Å². The lowest BCUT2D eigenvalue weighted by molar-refractivity contribution is 0.224. The predicted octanol–water partition coefficient (Wildman–Crippen LogP) is 3.49. The fourth-order valence-corrected chi connectivity index (χ4v) is 2.65. The topological polar surface area (TPSA) is 64.1 Å². The first-order valence-electron chi connectivity index (χ1n) is 8.64. The molecule has 0 heterocycles. The third kappa shape index (κ3) is 6.25. The van der Waals surface area contributed by atoms with Gasteiger partial charge in [0.05, 0.1) is 20.8 Å². The van der Waals surface area contributed by atoms with Gasteiger partial charge in [0.15, 0.2) is 17.5 Å². The third-order valence-electron chi connectivity index (χ3n) is 3.86. The van der Waals surface area contributed by atoms with Crippen molar-refractivity contribution in [1.29, 1.82) is 0 Å². The van der Waals surface area contributed by atoms with Gasteiger partial charge >= 0.3 is 0 Å². The zero-order valence-electron chi connectivity index (χ0n) is 16.1. The summed E-state index contributed by atoms with van der Waals surface area (Å²) in [7, 11) is 4.98. The van der Waals surface area contributed by atoms with Crippen LogP contribution in [0.15, 0.2) is 47.5 Å². The van der Waals surface area contributed by atoms with Crippen LogP contribution in [-0.4, -0.2) is 39.9 Å². The van der Waals surface area contributed by atoms with E-state index in [2.05, 4.69) is 15.6 Å². The standard InChI is InChI=1S/C20H26ClN3O3/c1-14(27-17-10-8-16(21)9-11-17)12-23-20(22-2)24-13-15-6-5-7-18(25-3)19(15)26-4/h5-11,14H,12-13H2,1-4H3,(H2,22,23,24). The van der Waals surface area contributed by atoms with Crippen molar-refractivity contribution in [2.45, 2.75) is 19.6 Å². The molecule has 27 heavy (non-hydrogen) atoms. The SMILES string of the molecule is CN=C(NCc1cccc(OC)c1OC)NCC(C)Oc1ccc(Cl)cc1. The number of para-hydroxylation sites is 1. The number of halogens is 1. The number of aliphatic imine (C=N–C) groups is 1. The molecule has 0 saturated carbocycles. The van der Waals surface area contributed by atoms with Gasteiger partial charge in [0.2, 0.25) is 0 Å². The molecular weight excluding hydrogens is 366 g/mol. The third-order valence-corrected chi connectivity index (χ3v) is 4.11. The second-order valence-corrected chi connectivity index (χ2v) is 6.28. The lowest BCUT2D eigenvalue weighted by Gasteiger charge is -2.18. The minimum absolute atomic E-state index is 0.0453. The Balaban J connectivity index is 1.86. The van der Waals surface area contributed by atoms with Crippen molar-refractivity contribution in [2.24, 2.45) is 4.99 Å². The summed E-state index contributed by atoms with van der Waals surface area (Å²) >= 11 is 5.89. The van der Waals surface area contributed by atoms with E-state index < -0.39 is 0 Å². The normalized spacial score (nSPS) is 12.3. The molecule has 2 N–H and O–H groups in total. The zero-order chi connectivity index (χ0) is 19.6. The van der Waals surface area contributed by atoms with Crippen LogP contribution in [0.4, 0.5) is 0 Å². The van der Waals surface area contributed by atoms with Crippen LogP contribution in [0.25, 0.3) is 0 Å². The Hall–Kier alpha value is -2.60. The Morgan fingerprint density at radius 1 is 1.07 bits per heavy atom. The monoisotopic (exact) mass is 391 g/mol. The second kappa shape index (κ2) is 10.5. The van der Waals surface area contributed by atoms with Crippen LogP contribution < -0.4 is 24.8 Å². The Bertz CT molecular complexity index is 751. The molecule has 0 bridgehead atoms. The van der Waals surface area contributed by atoms with Crippen LogP contribution in [0.3, 0.4) is 0 Å². The Kier molecular flexibility index (Phi) is 8.07. The molecule has 0 fully saturated rings. The van der Waals surface area contributed by atoms with Gasteiger partial charge < -0.3 is 24.8 Å². The predicted molar refractivity (Wildman–Crippen MR) is 109 cm³/mol. The maximum atomic E-state index is 5.89. The van der Waals surface area contributed by atoms with Crippen molar-refractivity contribution in [1.82, 2.24) is 10.6 Å². The molecule has 0 aromatic heterocycles. The minimum atomic E-state index is -0.0453. The first-order valence-corrected chi connectivity index (χ1v) is 9.01. The quantitative estimate of drug-likeness (QED) is 0.532. The molecule has 6 nitrogen and oxygen atoms in total. The highest BCUT2D eigenvalue weighted by molar-refractivity contribution is 6.30. The first kappa shape index (κ1) is 20.7. The molecule has 0 amide bonds. The van der Waals surface area contributed by atoms with Gasteiger partial charge in [-0.1, -0.05) is 23.7 Å². The fraction of sp³-hybridized carbons (Fsp3) is 0.350. The lowest BCUT2D eigenvalue weighted by Crippen LogP contribution is -2.41. The van der Waals surface area contributed by atoms with E-state index in [1.165, 1.54) is 0 Å². The Morgan fingerprint density at radius 2 is 1.81 bits per heavy atom. The van der Waals surface area contributed by atoms with Crippen molar-refractivity contribution in [3.63, 3.8) is 0 Å². The summed E-state index contributed by atoms with van der Waals surface area (Å²) < 4.78 is 16.6. The van der Waals surface area contributed by atoms with E-state index in [4.69, 9.17) is 25.8 Å². The van der Waals surface area contributed by atoms with Crippen molar-refractivity contribution >= 4 is 17.6 Å². The summed E-state index contributed by atoms with van der Waals surface area (Å²) in [6, 6.07) is 13.1. The summed E-state index contributed by atoms with van der Waals surface area (Å²) in [5.41, 5.74) is 0.977. The number of methoxy groups -OCH3 is 2. The smallest absolute Gasteiger partial charge is 0.191 e. The molecule has 7 heteroatoms. The number of hydrogen-bond acceptors (Lipinski definition) is 4. The molecule has 1 unspecified atom stereocenters. The highest BCUT2D eigenvalue weighted by Gasteiger charge is 2.10. The van der Waals surface area contributed by atoms with Crippen molar-refractivity contribution in [2.75, 3.05) is 27.8 Å². The van der Waals surface area contributed by atoms with Crippen LogP contribution in [0.5, 0.6) is 17.2 Å². The van der Waals surface area contributed by atoms with Crippen LogP contribution in [0.1, 0.15) is 12.5 Å². The minimum Gasteiger partial charge on any atom is -0.493 e. The molecule has 0 saturated heterocycles. The van der Waals surface area contributed by atoms with Gasteiger partial charge in [0, 0.05) is 24.2 Å². The first-order chi connectivity index (χ1) is 13.1. The molecule has 2 aromatic rings. The van der Waals surface area contributed by atoms with Crippen LogP contribution in [-0.2, 0) is 6.54 Å². The van der Waals surface area contributed by atoms with Gasteiger partial charge in [-0.05, 0) is 37.3 Å². The molecule has 0 radical (unpaired) electrons. The van der Waals surface area contributed by atoms with E-state index in [1.54, 1.807) is 33.4 Å². The lowest BCUT2D eigenvalue weighted by atomic mass is 10.2. The fourth-order valence-electron chi connectivity index (χ4n) is 2.52. The number of benzene rings is 2. The number of rotatable bonds is 8. The van der Waals surface area contributed by atoms with Crippen molar-refractivity contribution < 1.29 is 14.2 Å². The highest BCUT2D eigenvalue weighted by atomic mass is 35.5. The van der Waals surface area contributed by atoms with E-state index in [1.807, 2.05) is 37.3 Å². The summed E-state index contributed by atoms with van der Waals surface area (Å²) in [5, 5.41) is 7.21. The Morgan fingerprint density at radius 3 is 2.44 bits per heavy atom. The average molecular weight is 392 g/mol. The maximum Gasteiger partial charge on any atom is 0.191 e. The number of guanidine groups is 1. The molecule has 0 aliphatic carbocycles. The summed E-state index contributed by atoms with van der Waals surface area (Å²) in [5.74, 6) is 2.86. The number of hydrogen-bond donors (Lipinski definition) is 2. The molecule has 146 valence electrons. The van der Waals surface area contributed by atoms with Crippen LogP contribution in [0, 0.1) is 0 Å². The Labute approximate surface area is 165 Å². The van der Waals surface area contributed by atoms with E-state index in [0.717, 1.165) is 11.3 Å². The van der Waals surface area contributed by atoms with Crippen LogP contribution >= 0.6 is 11.6 Å². The van der Waals surface area contributed by atoms with Gasteiger partial charge in [-0.3, -0.25) is 4.99 Å². The summed E-state index contributed by atoms with van der Waals surface area (Å²) in [6.07, 6.45) is -0.0453. The average Bonchev–Trinajstić information content (AvgIpc) is 2.69. The van der Waals surface area contributed by atoms with E-state index >= 15 is 0 Å². The number of nitrogens with one attached hydrogen (secondary N) is 2. The molecular formula is C20H26ClN3O3. The van der Waals surface area contributed by atoms with Crippen molar-refractivity contribution in [3.05, 3.63) is 53.1 Å². The highest BCUT2D eigenvalue weighted by Crippen LogP contribution is 2.30. The zero-order valence-corrected chi connectivity index (χ0v) is 16.8. The molecule has 0 aliphatic rings. The molecule has 2 rings (SSSR count). The van der Waals surface area contributed by atoms with E-state index in [9.17, 15) is 0 Å². The summed E-state index contributed by atoms with van der Waals surface area (Å²) in [6.45, 7) is 3.13. The van der Waals surface area contributed by atoms with E-state index in [0.29, 0.717) is 35.6 Å². The molecule has 2 aromatic carbocycles.